The predicted octanol–water partition coefficient (Wildman–Crippen LogP) is 4.92. The summed E-state index contributed by atoms with van der Waals surface area (Å²) in [5, 5.41) is 6.30. The van der Waals surface area contributed by atoms with Crippen molar-refractivity contribution in [2.45, 2.75) is 37.5 Å². The molecule has 0 N–H and O–H groups in total. The number of amides is 1. The van der Waals surface area contributed by atoms with Crippen LogP contribution >= 0.6 is 11.3 Å². The molecule has 3 heterocycles. The molecule has 2 aliphatic rings. The molecule has 1 saturated heterocycles. The summed E-state index contributed by atoms with van der Waals surface area (Å²) in [6.45, 7) is 1.71. The Hall–Kier alpha value is -2.40. The molecule has 2 aromatic heterocycles. The van der Waals surface area contributed by atoms with E-state index in [4.69, 9.17) is 4.52 Å². The van der Waals surface area contributed by atoms with E-state index in [1.54, 1.807) is 11.3 Å². The van der Waals surface area contributed by atoms with Gasteiger partial charge >= 0.3 is 0 Å². The van der Waals surface area contributed by atoms with Gasteiger partial charge in [0, 0.05) is 19.2 Å². The van der Waals surface area contributed by atoms with Gasteiger partial charge in [0.15, 0.2) is 5.76 Å². The summed E-state index contributed by atoms with van der Waals surface area (Å²) in [6, 6.07) is 16.7. The Labute approximate surface area is 169 Å². The molecule has 5 rings (SSSR count). The van der Waals surface area contributed by atoms with Crippen molar-refractivity contribution in [1.82, 2.24) is 10.1 Å². The van der Waals surface area contributed by atoms with Gasteiger partial charge in [0.1, 0.15) is 0 Å². The molecule has 28 heavy (non-hydrogen) atoms. The first-order chi connectivity index (χ1) is 13.7. The molecule has 1 amide bonds. The highest BCUT2D eigenvalue weighted by molar-refractivity contribution is 7.13. The van der Waals surface area contributed by atoms with E-state index in [-0.39, 0.29) is 5.91 Å². The van der Waals surface area contributed by atoms with Gasteiger partial charge in [-0.2, -0.15) is 0 Å². The Morgan fingerprint density at radius 2 is 1.93 bits per heavy atom. The monoisotopic (exact) mass is 392 g/mol. The molecule has 144 valence electrons. The Bertz CT molecular complexity index is 936. The van der Waals surface area contributed by atoms with Crippen LogP contribution in [0.3, 0.4) is 0 Å². The van der Waals surface area contributed by atoms with Crippen LogP contribution in [-0.2, 0) is 16.6 Å². The normalized spacial score (nSPS) is 18.9. The van der Waals surface area contributed by atoms with Crippen LogP contribution in [0.15, 0.2) is 58.4 Å². The van der Waals surface area contributed by atoms with E-state index in [0.29, 0.717) is 5.92 Å². The Kier molecular flexibility index (Phi) is 4.55. The minimum atomic E-state index is -0.439. The van der Waals surface area contributed by atoms with E-state index in [2.05, 4.69) is 40.4 Å². The summed E-state index contributed by atoms with van der Waals surface area (Å²) in [4.78, 5) is 16.4. The number of carbonyl (C=O) groups is 1. The van der Waals surface area contributed by atoms with Crippen molar-refractivity contribution in [2.24, 2.45) is 5.92 Å². The maximum Gasteiger partial charge on any atom is 0.234 e. The standard InChI is InChI=1S/C23H24N2O2S/c26-22(25-12-8-18(9-13-25)15-17-5-2-1-3-6-17)23(10-11-23)21-16-19(27-24-21)20-7-4-14-28-20/h1-7,14,16,18H,8-13,15H2. The molecule has 0 spiro atoms. The summed E-state index contributed by atoms with van der Waals surface area (Å²) < 4.78 is 5.55. The molecule has 0 bridgehead atoms. The quantitative estimate of drug-likeness (QED) is 0.619. The van der Waals surface area contributed by atoms with E-state index >= 15 is 0 Å². The highest BCUT2D eigenvalue weighted by Crippen LogP contribution is 2.50. The lowest BCUT2D eigenvalue weighted by atomic mass is 9.89. The molecule has 1 aliphatic carbocycles. The molecule has 3 aromatic rings. The second-order valence-electron chi connectivity index (χ2n) is 8.06. The van der Waals surface area contributed by atoms with Crippen LogP contribution in [0.4, 0.5) is 0 Å². The number of carbonyl (C=O) groups excluding carboxylic acids is 1. The molecule has 0 atom stereocenters. The van der Waals surface area contributed by atoms with E-state index < -0.39 is 5.41 Å². The minimum absolute atomic E-state index is 0.247. The number of piperidine rings is 1. The molecule has 0 radical (unpaired) electrons. The fourth-order valence-corrected chi connectivity index (χ4v) is 5.00. The van der Waals surface area contributed by atoms with Crippen molar-refractivity contribution in [2.75, 3.05) is 13.1 Å². The summed E-state index contributed by atoms with van der Waals surface area (Å²) >= 11 is 1.63. The molecule has 1 aliphatic heterocycles. The second-order valence-corrected chi connectivity index (χ2v) is 9.01. The van der Waals surface area contributed by atoms with Crippen molar-refractivity contribution in [1.29, 1.82) is 0 Å². The third-order valence-corrected chi connectivity index (χ3v) is 7.08. The van der Waals surface area contributed by atoms with Gasteiger partial charge < -0.3 is 9.42 Å². The van der Waals surface area contributed by atoms with Gasteiger partial charge in [0.25, 0.3) is 0 Å². The van der Waals surface area contributed by atoms with Gasteiger partial charge in [-0.25, -0.2) is 0 Å². The van der Waals surface area contributed by atoms with Gasteiger partial charge in [0.2, 0.25) is 5.91 Å². The van der Waals surface area contributed by atoms with Crippen molar-refractivity contribution in [3.8, 4) is 10.6 Å². The van der Waals surface area contributed by atoms with Gasteiger partial charge in [-0.1, -0.05) is 41.6 Å². The highest BCUT2D eigenvalue weighted by Gasteiger charge is 2.55. The summed E-state index contributed by atoms with van der Waals surface area (Å²) in [5.74, 6) is 1.68. The molecule has 0 unspecified atom stereocenters. The molecule has 4 nitrogen and oxygen atoms in total. The summed E-state index contributed by atoms with van der Waals surface area (Å²) in [7, 11) is 0. The summed E-state index contributed by atoms with van der Waals surface area (Å²) in [6.07, 6.45) is 5.03. The average molecular weight is 393 g/mol. The lowest BCUT2D eigenvalue weighted by molar-refractivity contribution is -0.135. The number of aromatic nitrogens is 1. The number of hydrogen-bond acceptors (Lipinski definition) is 4. The van der Waals surface area contributed by atoms with Gasteiger partial charge in [-0.05, 0) is 55.0 Å². The fourth-order valence-electron chi connectivity index (χ4n) is 4.33. The van der Waals surface area contributed by atoms with Crippen LogP contribution in [0, 0.1) is 5.92 Å². The Morgan fingerprint density at radius 3 is 2.61 bits per heavy atom. The first-order valence-corrected chi connectivity index (χ1v) is 11.0. The summed E-state index contributed by atoms with van der Waals surface area (Å²) in [5.41, 5.74) is 1.77. The van der Waals surface area contributed by atoms with Crippen LogP contribution in [-0.4, -0.2) is 29.1 Å². The number of benzene rings is 1. The van der Waals surface area contributed by atoms with Crippen molar-refractivity contribution in [3.05, 3.63) is 65.2 Å². The van der Waals surface area contributed by atoms with Crippen molar-refractivity contribution < 1.29 is 9.32 Å². The zero-order valence-electron chi connectivity index (χ0n) is 15.8. The van der Waals surface area contributed by atoms with E-state index in [1.807, 2.05) is 23.6 Å². The topological polar surface area (TPSA) is 46.3 Å². The van der Waals surface area contributed by atoms with Gasteiger partial charge in [-0.3, -0.25) is 4.79 Å². The van der Waals surface area contributed by atoms with Crippen LogP contribution < -0.4 is 0 Å². The Balaban J connectivity index is 1.23. The van der Waals surface area contributed by atoms with Crippen LogP contribution in [0.2, 0.25) is 0 Å². The van der Waals surface area contributed by atoms with Crippen LogP contribution in [0.5, 0.6) is 0 Å². The number of likely N-dealkylation sites (tertiary alicyclic amines) is 1. The Morgan fingerprint density at radius 1 is 1.14 bits per heavy atom. The molecule has 1 saturated carbocycles. The average Bonchev–Trinajstić information content (AvgIpc) is 3.14. The lowest BCUT2D eigenvalue weighted by Crippen LogP contribution is -2.44. The molecule has 1 aromatic carbocycles. The molecular weight excluding hydrogens is 368 g/mol. The molecular formula is C23H24N2O2S. The molecule has 2 fully saturated rings. The highest BCUT2D eigenvalue weighted by atomic mass is 32.1. The lowest BCUT2D eigenvalue weighted by Gasteiger charge is -2.34. The number of thiophene rings is 1. The molecule has 5 heteroatoms. The van der Waals surface area contributed by atoms with E-state index in [1.165, 1.54) is 5.56 Å². The third kappa shape index (κ3) is 3.28. The first kappa shape index (κ1) is 17.7. The van der Waals surface area contributed by atoms with Crippen LogP contribution in [0.1, 0.15) is 36.9 Å². The number of rotatable bonds is 5. The maximum atomic E-state index is 13.3. The van der Waals surface area contributed by atoms with E-state index in [9.17, 15) is 4.79 Å². The second kappa shape index (κ2) is 7.21. The van der Waals surface area contributed by atoms with Gasteiger partial charge in [-0.15, -0.1) is 11.3 Å². The fraction of sp³-hybridized carbons (Fsp3) is 0.391. The SMILES string of the molecule is O=C(N1CCC(Cc2ccccc2)CC1)C1(c2cc(-c3cccs3)on2)CC1. The zero-order valence-corrected chi connectivity index (χ0v) is 16.7. The van der Waals surface area contributed by atoms with Gasteiger partial charge in [0.05, 0.1) is 16.0 Å². The zero-order chi connectivity index (χ0) is 19.0. The minimum Gasteiger partial charge on any atom is -0.355 e. The smallest absolute Gasteiger partial charge is 0.234 e. The van der Waals surface area contributed by atoms with Crippen molar-refractivity contribution >= 4 is 17.2 Å². The van der Waals surface area contributed by atoms with Crippen LogP contribution in [0.25, 0.3) is 10.6 Å². The largest absolute Gasteiger partial charge is 0.355 e. The third-order valence-electron chi connectivity index (χ3n) is 6.19. The van der Waals surface area contributed by atoms with E-state index in [0.717, 1.165) is 61.5 Å². The number of nitrogens with zero attached hydrogens (tertiary/aromatic N) is 2. The predicted molar refractivity (Wildman–Crippen MR) is 110 cm³/mol. The number of hydrogen-bond donors (Lipinski definition) is 0. The van der Waals surface area contributed by atoms with Crippen molar-refractivity contribution in [3.63, 3.8) is 0 Å². The maximum absolute atomic E-state index is 13.3. The first-order valence-electron chi connectivity index (χ1n) is 10.1.